The van der Waals surface area contributed by atoms with E-state index in [1.807, 2.05) is 31.2 Å². The van der Waals surface area contributed by atoms with Crippen LogP contribution < -0.4 is 5.32 Å². The third-order valence-corrected chi connectivity index (χ3v) is 3.63. The van der Waals surface area contributed by atoms with Gasteiger partial charge in [-0.25, -0.2) is 9.78 Å². The number of carboxylic acid groups (broad SMARTS) is 1. The molecule has 0 unspecified atom stereocenters. The third-order valence-electron chi connectivity index (χ3n) is 3.63. The van der Waals surface area contributed by atoms with E-state index < -0.39 is 5.97 Å². The van der Waals surface area contributed by atoms with Crippen molar-refractivity contribution in [2.45, 2.75) is 20.8 Å². The molecule has 2 heterocycles. The predicted octanol–water partition coefficient (Wildman–Crippen LogP) is 3.59. The maximum atomic E-state index is 11.6. The Morgan fingerprint density at radius 3 is 2.59 bits per heavy atom. The molecular formula is C16H15N3O3. The van der Waals surface area contributed by atoms with Crippen molar-refractivity contribution in [1.29, 1.82) is 0 Å². The number of carbonyl (C=O) groups is 1. The second kappa shape index (κ2) is 5.14. The highest BCUT2D eigenvalue weighted by atomic mass is 16.5. The van der Waals surface area contributed by atoms with Crippen LogP contribution in [0.2, 0.25) is 0 Å². The minimum absolute atomic E-state index is 0.0421. The average molecular weight is 297 g/mol. The number of aromatic nitrogens is 2. The molecule has 6 heteroatoms. The first-order valence-electron chi connectivity index (χ1n) is 6.81. The van der Waals surface area contributed by atoms with Crippen LogP contribution in [0.25, 0.3) is 11.0 Å². The summed E-state index contributed by atoms with van der Waals surface area (Å²) in [5.74, 6) is -0.593. The number of nitrogens with one attached hydrogen (secondary N) is 1. The Labute approximate surface area is 126 Å². The van der Waals surface area contributed by atoms with Gasteiger partial charge in [-0.05, 0) is 32.4 Å². The standard InChI is InChI=1S/C16H15N3O3/c1-8-6-4-5-7-11(8)17-12-9(2)13-14(10(3)22-19-13)18-15(12)16(20)21/h4-7,17H,1-3H3,(H,20,21). The van der Waals surface area contributed by atoms with Gasteiger partial charge in [0, 0.05) is 11.3 Å². The number of carboxylic acids is 1. The van der Waals surface area contributed by atoms with Gasteiger partial charge in [-0.15, -0.1) is 0 Å². The highest BCUT2D eigenvalue weighted by molar-refractivity contribution is 5.99. The van der Waals surface area contributed by atoms with Gasteiger partial charge in [-0.1, -0.05) is 23.4 Å². The summed E-state index contributed by atoms with van der Waals surface area (Å²) < 4.78 is 5.13. The Morgan fingerprint density at radius 2 is 1.91 bits per heavy atom. The molecule has 3 aromatic rings. The largest absolute Gasteiger partial charge is 0.476 e. The minimum atomic E-state index is -1.10. The summed E-state index contributed by atoms with van der Waals surface area (Å²) in [6.07, 6.45) is 0. The molecule has 0 atom stereocenters. The molecule has 0 amide bonds. The van der Waals surface area contributed by atoms with E-state index in [1.165, 1.54) is 0 Å². The molecular weight excluding hydrogens is 282 g/mol. The number of benzene rings is 1. The Kier molecular flexibility index (Phi) is 3.29. The van der Waals surface area contributed by atoms with Gasteiger partial charge < -0.3 is 14.9 Å². The summed E-state index contributed by atoms with van der Waals surface area (Å²) in [6, 6.07) is 7.65. The molecule has 0 aliphatic carbocycles. The Bertz CT molecular complexity index is 884. The molecule has 3 rings (SSSR count). The number of aryl methyl sites for hydroxylation is 3. The number of hydrogen-bond acceptors (Lipinski definition) is 5. The zero-order valence-corrected chi connectivity index (χ0v) is 12.5. The normalized spacial score (nSPS) is 10.9. The molecule has 0 bridgehead atoms. The summed E-state index contributed by atoms with van der Waals surface area (Å²) in [7, 11) is 0. The number of fused-ring (bicyclic) bond motifs is 1. The fourth-order valence-corrected chi connectivity index (χ4v) is 2.36. The molecule has 2 N–H and O–H groups in total. The third kappa shape index (κ3) is 2.18. The molecule has 1 aromatic carbocycles. The quantitative estimate of drug-likeness (QED) is 0.768. The highest BCUT2D eigenvalue weighted by Crippen LogP contribution is 2.31. The van der Waals surface area contributed by atoms with Crippen molar-refractivity contribution in [3.05, 3.63) is 46.8 Å². The van der Waals surface area contributed by atoms with Crippen LogP contribution in [0.4, 0.5) is 11.4 Å². The number of aromatic carboxylic acids is 1. The van der Waals surface area contributed by atoms with E-state index in [4.69, 9.17) is 4.52 Å². The fourth-order valence-electron chi connectivity index (χ4n) is 2.36. The van der Waals surface area contributed by atoms with Crippen molar-refractivity contribution in [1.82, 2.24) is 10.1 Å². The van der Waals surface area contributed by atoms with E-state index in [0.717, 1.165) is 11.3 Å². The van der Waals surface area contributed by atoms with Crippen molar-refractivity contribution < 1.29 is 14.4 Å². The first kappa shape index (κ1) is 14.1. The number of nitrogens with zero attached hydrogens (tertiary/aromatic N) is 2. The van der Waals surface area contributed by atoms with Gasteiger partial charge in [0.2, 0.25) is 0 Å². The van der Waals surface area contributed by atoms with Crippen molar-refractivity contribution in [3.63, 3.8) is 0 Å². The number of para-hydroxylation sites is 1. The van der Waals surface area contributed by atoms with Crippen LogP contribution in [-0.4, -0.2) is 21.2 Å². The summed E-state index contributed by atoms with van der Waals surface area (Å²) in [5.41, 5.74) is 3.97. The van der Waals surface area contributed by atoms with Crippen molar-refractivity contribution in [2.75, 3.05) is 5.32 Å². The number of hydrogen-bond donors (Lipinski definition) is 2. The van der Waals surface area contributed by atoms with E-state index >= 15 is 0 Å². The minimum Gasteiger partial charge on any atom is -0.476 e. The van der Waals surface area contributed by atoms with Crippen molar-refractivity contribution in [2.24, 2.45) is 0 Å². The number of pyridine rings is 1. The van der Waals surface area contributed by atoms with Crippen molar-refractivity contribution >= 4 is 28.4 Å². The maximum Gasteiger partial charge on any atom is 0.356 e. The van der Waals surface area contributed by atoms with Crippen LogP contribution in [0.5, 0.6) is 0 Å². The Hall–Kier alpha value is -2.89. The summed E-state index contributed by atoms with van der Waals surface area (Å²) in [4.78, 5) is 15.8. The average Bonchev–Trinajstić information content (AvgIpc) is 2.85. The zero-order chi connectivity index (χ0) is 15.9. The van der Waals surface area contributed by atoms with Gasteiger partial charge in [-0.3, -0.25) is 0 Å². The second-order valence-electron chi connectivity index (χ2n) is 5.14. The first-order chi connectivity index (χ1) is 10.5. The topological polar surface area (TPSA) is 88.2 Å². The summed E-state index contributed by atoms with van der Waals surface area (Å²) in [5, 5.41) is 16.6. The van der Waals surface area contributed by atoms with E-state index in [1.54, 1.807) is 13.8 Å². The Morgan fingerprint density at radius 1 is 1.18 bits per heavy atom. The van der Waals surface area contributed by atoms with Crippen LogP contribution in [0, 0.1) is 20.8 Å². The van der Waals surface area contributed by atoms with Gasteiger partial charge >= 0.3 is 5.97 Å². The van der Waals surface area contributed by atoms with Crippen LogP contribution in [-0.2, 0) is 0 Å². The van der Waals surface area contributed by atoms with Gasteiger partial charge in [0.25, 0.3) is 0 Å². The van der Waals surface area contributed by atoms with E-state index in [-0.39, 0.29) is 5.69 Å². The fraction of sp³-hybridized carbons (Fsp3) is 0.188. The molecule has 6 nitrogen and oxygen atoms in total. The highest BCUT2D eigenvalue weighted by Gasteiger charge is 2.21. The van der Waals surface area contributed by atoms with Gasteiger partial charge in [0.15, 0.2) is 11.5 Å². The van der Waals surface area contributed by atoms with E-state index in [2.05, 4.69) is 15.5 Å². The Balaban J connectivity index is 2.23. The molecule has 0 saturated heterocycles. The second-order valence-corrected chi connectivity index (χ2v) is 5.14. The maximum absolute atomic E-state index is 11.6. The smallest absolute Gasteiger partial charge is 0.356 e. The molecule has 0 radical (unpaired) electrons. The number of rotatable bonds is 3. The molecule has 2 aromatic heterocycles. The molecule has 0 saturated carbocycles. The number of anilines is 2. The molecule has 0 aliphatic rings. The lowest BCUT2D eigenvalue weighted by Crippen LogP contribution is -2.08. The summed E-state index contributed by atoms with van der Waals surface area (Å²) >= 11 is 0. The van der Waals surface area contributed by atoms with Gasteiger partial charge in [-0.2, -0.15) is 0 Å². The molecule has 0 aliphatic heterocycles. The summed E-state index contributed by atoms with van der Waals surface area (Å²) in [6.45, 7) is 5.46. The molecule has 0 fully saturated rings. The van der Waals surface area contributed by atoms with Crippen LogP contribution in [0.15, 0.2) is 28.8 Å². The van der Waals surface area contributed by atoms with Gasteiger partial charge in [0.1, 0.15) is 11.0 Å². The van der Waals surface area contributed by atoms with E-state index in [0.29, 0.717) is 28.0 Å². The lowest BCUT2D eigenvalue weighted by molar-refractivity contribution is 0.0692. The van der Waals surface area contributed by atoms with E-state index in [9.17, 15) is 9.90 Å². The van der Waals surface area contributed by atoms with Crippen LogP contribution in [0.1, 0.15) is 27.4 Å². The molecule has 112 valence electrons. The first-order valence-corrected chi connectivity index (χ1v) is 6.81. The molecule has 0 spiro atoms. The predicted molar refractivity (Wildman–Crippen MR) is 82.7 cm³/mol. The lowest BCUT2D eigenvalue weighted by Gasteiger charge is -2.14. The van der Waals surface area contributed by atoms with Crippen LogP contribution in [0.3, 0.4) is 0 Å². The zero-order valence-electron chi connectivity index (χ0n) is 12.5. The lowest BCUT2D eigenvalue weighted by atomic mass is 10.1. The van der Waals surface area contributed by atoms with Crippen molar-refractivity contribution in [3.8, 4) is 0 Å². The van der Waals surface area contributed by atoms with Crippen LogP contribution >= 0.6 is 0 Å². The van der Waals surface area contributed by atoms with Gasteiger partial charge in [0.05, 0.1) is 5.69 Å². The SMILES string of the molecule is Cc1ccccc1Nc1c(C(=O)O)nc2c(C)onc2c1C. The monoisotopic (exact) mass is 297 g/mol. The molecule has 22 heavy (non-hydrogen) atoms.